The van der Waals surface area contributed by atoms with E-state index in [0.29, 0.717) is 34.7 Å². The molecule has 0 atom stereocenters. The van der Waals surface area contributed by atoms with E-state index < -0.39 is 5.54 Å². The van der Waals surface area contributed by atoms with Gasteiger partial charge in [-0.15, -0.1) is 5.10 Å². The van der Waals surface area contributed by atoms with Crippen LogP contribution in [0.4, 0.5) is 0 Å². The quantitative estimate of drug-likeness (QED) is 0.707. The van der Waals surface area contributed by atoms with Crippen molar-refractivity contribution in [1.82, 2.24) is 25.3 Å². The molecule has 136 valence electrons. The van der Waals surface area contributed by atoms with Gasteiger partial charge >= 0.3 is 0 Å². The smallest absolute Gasteiger partial charge is 0.252 e. The summed E-state index contributed by atoms with van der Waals surface area (Å²) < 4.78 is 6.85. The number of nitrogens with zero attached hydrogens (tertiary/aromatic N) is 4. The van der Waals surface area contributed by atoms with E-state index in [0.717, 1.165) is 0 Å². The van der Waals surface area contributed by atoms with E-state index in [4.69, 9.17) is 4.42 Å². The number of amides is 1. The van der Waals surface area contributed by atoms with E-state index in [1.807, 2.05) is 13.8 Å². The second-order valence-electron chi connectivity index (χ2n) is 6.32. The van der Waals surface area contributed by atoms with Gasteiger partial charge in [-0.1, -0.05) is 17.0 Å². The normalized spacial score (nSPS) is 11.7. The van der Waals surface area contributed by atoms with Crippen molar-refractivity contribution >= 4 is 33.9 Å². The molecule has 0 saturated heterocycles. The van der Waals surface area contributed by atoms with Crippen molar-refractivity contribution in [2.24, 2.45) is 0 Å². The van der Waals surface area contributed by atoms with Gasteiger partial charge < -0.3 is 9.73 Å². The van der Waals surface area contributed by atoms with E-state index in [9.17, 15) is 9.59 Å². The van der Waals surface area contributed by atoms with Gasteiger partial charge in [-0.2, -0.15) is 0 Å². The molecule has 3 rings (SSSR count). The zero-order valence-corrected chi connectivity index (χ0v) is 15.5. The molecule has 0 aliphatic heterocycles. The Labute approximate surface area is 154 Å². The number of carbonyl (C=O) groups is 2. The van der Waals surface area contributed by atoms with Gasteiger partial charge in [0.2, 0.25) is 0 Å². The Bertz CT molecular complexity index is 947. The summed E-state index contributed by atoms with van der Waals surface area (Å²) in [5.41, 5.74) is 1.68. The lowest BCUT2D eigenvalue weighted by Crippen LogP contribution is -2.41. The third-order valence-corrected chi connectivity index (χ3v) is 4.62. The Kier molecular flexibility index (Phi) is 5.08. The summed E-state index contributed by atoms with van der Waals surface area (Å²) in [6.45, 7) is 5.83. The molecule has 0 unspecified atom stereocenters. The van der Waals surface area contributed by atoms with Crippen molar-refractivity contribution in [2.45, 2.75) is 32.9 Å². The first-order chi connectivity index (χ1) is 12.3. The van der Waals surface area contributed by atoms with Crippen molar-refractivity contribution in [2.75, 3.05) is 5.75 Å². The highest BCUT2D eigenvalue weighted by Crippen LogP contribution is 2.20. The van der Waals surface area contributed by atoms with Crippen LogP contribution < -0.4 is 5.32 Å². The fraction of sp³-hybridized carbons (Fsp3) is 0.353. The number of aryl methyl sites for hydroxylation is 1. The summed E-state index contributed by atoms with van der Waals surface area (Å²) in [6, 6.07) is 5.09. The van der Waals surface area contributed by atoms with Gasteiger partial charge in [-0.05, 0) is 32.0 Å². The van der Waals surface area contributed by atoms with Crippen LogP contribution in [0.2, 0.25) is 0 Å². The largest absolute Gasteiger partial charge is 0.443 e. The van der Waals surface area contributed by atoms with E-state index >= 15 is 0 Å². The predicted molar refractivity (Wildman–Crippen MR) is 97.7 cm³/mol. The van der Waals surface area contributed by atoms with Crippen LogP contribution in [0.25, 0.3) is 11.1 Å². The molecule has 0 spiro atoms. The van der Waals surface area contributed by atoms with Crippen molar-refractivity contribution in [1.29, 1.82) is 0 Å². The Morgan fingerprint density at radius 1 is 1.35 bits per heavy atom. The molecule has 0 saturated carbocycles. The number of thioether (sulfide) groups is 1. The highest BCUT2D eigenvalue weighted by Gasteiger charge is 2.27. The molecule has 8 nitrogen and oxygen atoms in total. The fourth-order valence-electron chi connectivity index (χ4n) is 2.40. The van der Waals surface area contributed by atoms with Crippen LogP contribution in [-0.4, -0.2) is 36.8 Å². The van der Waals surface area contributed by atoms with Crippen LogP contribution in [0, 0.1) is 0 Å². The first kappa shape index (κ1) is 18.1. The Morgan fingerprint density at radius 2 is 2.15 bits per heavy atom. The van der Waals surface area contributed by atoms with Crippen molar-refractivity contribution < 1.29 is 14.0 Å². The topological polar surface area (TPSA) is 103 Å². The van der Waals surface area contributed by atoms with Gasteiger partial charge in [0.25, 0.3) is 5.91 Å². The molecule has 2 heterocycles. The molecule has 0 radical (unpaired) electrons. The first-order valence-electron chi connectivity index (χ1n) is 8.05. The molecule has 0 aliphatic rings. The summed E-state index contributed by atoms with van der Waals surface area (Å²) in [5, 5.41) is 11.2. The number of nitrogens with one attached hydrogen (secondary N) is 1. The number of carbonyl (C=O) groups excluding carboxylic acids is 2. The second-order valence-corrected chi connectivity index (χ2v) is 7.59. The minimum Gasteiger partial charge on any atom is -0.443 e. The van der Waals surface area contributed by atoms with Crippen LogP contribution in [-0.2, 0) is 16.9 Å². The lowest BCUT2D eigenvalue weighted by Gasteiger charge is -2.23. The van der Waals surface area contributed by atoms with Crippen LogP contribution in [0.1, 0.15) is 36.8 Å². The monoisotopic (exact) mass is 373 g/mol. The maximum absolute atomic E-state index is 12.6. The second kappa shape index (κ2) is 7.28. The first-order valence-corrected chi connectivity index (χ1v) is 9.03. The highest BCUT2D eigenvalue weighted by molar-refractivity contribution is 8.13. The number of hydrogen-bond acceptors (Lipinski definition) is 7. The molecule has 0 bridgehead atoms. The third kappa shape index (κ3) is 4.10. The maximum Gasteiger partial charge on any atom is 0.252 e. The van der Waals surface area contributed by atoms with Crippen molar-refractivity contribution in [3.05, 3.63) is 42.0 Å². The maximum atomic E-state index is 12.6. The lowest BCUT2D eigenvalue weighted by molar-refractivity contribution is -0.109. The number of benzene rings is 1. The van der Waals surface area contributed by atoms with Gasteiger partial charge in [0.1, 0.15) is 11.2 Å². The average Bonchev–Trinajstić information content (AvgIpc) is 3.22. The zero-order valence-electron chi connectivity index (χ0n) is 14.7. The standard InChI is InChI=1S/C17H19N5O3S/c1-11(23)26-7-6-22-9-15(20-21-22)17(2,3)19-16(24)12-4-5-14-13(8-12)18-10-25-14/h4-5,8-10H,6-7H2,1-3H3,(H,19,24). The van der Waals surface area contributed by atoms with Gasteiger partial charge in [0.05, 0.1) is 18.3 Å². The minimum atomic E-state index is -0.707. The summed E-state index contributed by atoms with van der Waals surface area (Å²) in [6.07, 6.45) is 3.13. The molecular weight excluding hydrogens is 354 g/mol. The molecule has 9 heteroatoms. The summed E-state index contributed by atoms with van der Waals surface area (Å²) in [5.74, 6) is 0.393. The molecule has 1 aromatic carbocycles. The highest BCUT2D eigenvalue weighted by atomic mass is 32.2. The van der Waals surface area contributed by atoms with Gasteiger partial charge in [-0.3, -0.25) is 14.3 Å². The molecule has 0 aliphatic carbocycles. The van der Waals surface area contributed by atoms with Crippen LogP contribution in [0.3, 0.4) is 0 Å². The predicted octanol–water partition coefficient (Wildman–Crippen LogP) is 2.36. The van der Waals surface area contributed by atoms with Gasteiger partial charge in [0.15, 0.2) is 17.1 Å². The lowest BCUT2D eigenvalue weighted by atomic mass is 10.0. The Morgan fingerprint density at radius 3 is 2.92 bits per heavy atom. The molecule has 1 amide bonds. The Hall–Kier alpha value is -2.68. The molecule has 3 aromatic rings. The van der Waals surface area contributed by atoms with E-state index in [1.54, 1.807) is 29.1 Å². The molecule has 26 heavy (non-hydrogen) atoms. The SMILES string of the molecule is CC(=O)SCCn1cc(C(C)(C)NC(=O)c2ccc3ocnc3c2)nn1. The molecule has 1 N–H and O–H groups in total. The van der Waals surface area contributed by atoms with Gasteiger partial charge in [0, 0.05) is 18.2 Å². The summed E-state index contributed by atoms with van der Waals surface area (Å²) in [7, 11) is 0. The van der Waals surface area contributed by atoms with Crippen LogP contribution in [0.5, 0.6) is 0 Å². The molecule has 0 fully saturated rings. The van der Waals surface area contributed by atoms with Crippen molar-refractivity contribution in [3.8, 4) is 0 Å². The van der Waals surface area contributed by atoms with Crippen LogP contribution in [0.15, 0.2) is 35.2 Å². The van der Waals surface area contributed by atoms with Crippen LogP contribution >= 0.6 is 11.8 Å². The van der Waals surface area contributed by atoms with Crippen molar-refractivity contribution in [3.63, 3.8) is 0 Å². The number of aromatic nitrogens is 4. The minimum absolute atomic E-state index is 0.0713. The number of fused-ring (bicyclic) bond motifs is 1. The number of rotatable bonds is 6. The van der Waals surface area contributed by atoms with E-state index in [1.165, 1.54) is 25.1 Å². The van der Waals surface area contributed by atoms with E-state index in [-0.39, 0.29) is 11.0 Å². The summed E-state index contributed by atoms with van der Waals surface area (Å²) in [4.78, 5) is 27.6. The molecular formula is C17H19N5O3S. The summed E-state index contributed by atoms with van der Waals surface area (Å²) >= 11 is 1.24. The third-order valence-electron chi connectivity index (χ3n) is 3.82. The number of hydrogen-bond donors (Lipinski definition) is 1. The fourth-order valence-corrected chi connectivity index (χ4v) is 2.96. The average molecular weight is 373 g/mol. The number of oxazole rings is 1. The van der Waals surface area contributed by atoms with E-state index in [2.05, 4.69) is 20.6 Å². The Balaban J connectivity index is 1.68. The molecule has 2 aromatic heterocycles. The zero-order chi connectivity index (χ0) is 18.7. The van der Waals surface area contributed by atoms with Gasteiger partial charge in [-0.25, -0.2) is 4.98 Å².